The third-order valence-corrected chi connectivity index (χ3v) is 3.24. The highest BCUT2D eigenvalue weighted by Gasteiger charge is 2.32. The first-order chi connectivity index (χ1) is 10.4. The maximum Gasteiger partial charge on any atom is 0.323 e. The molecule has 0 radical (unpaired) electrons. The summed E-state index contributed by atoms with van der Waals surface area (Å²) < 4.78 is 9.72. The molecule has 0 amide bonds. The van der Waals surface area contributed by atoms with Gasteiger partial charge < -0.3 is 41.4 Å². The molecular formula is C13H28N2O7. The van der Waals surface area contributed by atoms with Crippen molar-refractivity contribution in [3.63, 3.8) is 0 Å². The van der Waals surface area contributed by atoms with Crippen molar-refractivity contribution in [2.45, 2.75) is 49.7 Å². The van der Waals surface area contributed by atoms with Gasteiger partial charge in [0.15, 0.2) is 0 Å². The minimum Gasteiger partial charge on any atom is -0.462 e. The van der Waals surface area contributed by atoms with Gasteiger partial charge in [0.2, 0.25) is 0 Å². The van der Waals surface area contributed by atoms with Gasteiger partial charge in [-0.05, 0) is 19.4 Å². The van der Waals surface area contributed by atoms with Gasteiger partial charge in [0, 0.05) is 7.11 Å². The van der Waals surface area contributed by atoms with Crippen LogP contribution in [-0.4, -0.2) is 83.7 Å². The number of aliphatic hydroxyl groups is 4. The third kappa shape index (κ3) is 7.45. The van der Waals surface area contributed by atoms with Gasteiger partial charge in [-0.3, -0.25) is 4.79 Å². The normalized spacial score (nSPS) is 18.3. The Hall–Kier alpha value is -0.810. The SMILES string of the molecule is CO[C@@H]([C@H](O)[C@H](O)CO)[C@@H](O)COC(=O)[C@@H](N)CCCCN. The van der Waals surface area contributed by atoms with Gasteiger partial charge >= 0.3 is 5.97 Å². The van der Waals surface area contributed by atoms with Crippen LogP contribution in [0.3, 0.4) is 0 Å². The van der Waals surface area contributed by atoms with E-state index in [0.29, 0.717) is 19.4 Å². The summed E-state index contributed by atoms with van der Waals surface area (Å²) in [5.74, 6) is -0.678. The highest BCUT2D eigenvalue weighted by atomic mass is 16.6. The summed E-state index contributed by atoms with van der Waals surface area (Å²) in [6, 6.07) is -0.812. The number of unbranched alkanes of at least 4 members (excludes halogenated alkanes) is 1. The van der Waals surface area contributed by atoms with Crippen LogP contribution in [0.1, 0.15) is 19.3 Å². The maximum atomic E-state index is 11.6. The molecule has 0 rings (SSSR count). The molecule has 9 heteroatoms. The second-order valence-corrected chi connectivity index (χ2v) is 5.03. The van der Waals surface area contributed by atoms with Gasteiger partial charge in [0.25, 0.3) is 0 Å². The highest BCUT2D eigenvalue weighted by molar-refractivity contribution is 5.75. The van der Waals surface area contributed by atoms with Crippen molar-refractivity contribution in [3.8, 4) is 0 Å². The smallest absolute Gasteiger partial charge is 0.323 e. The molecule has 0 unspecified atom stereocenters. The van der Waals surface area contributed by atoms with Crippen LogP contribution in [0.15, 0.2) is 0 Å². The topological polar surface area (TPSA) is 168 Å². The van der Waals surface area contributed by atoms with Crippen LogP contribution >= 0.6 is 0 Å². The Morgan fingerprint density at radius 3 is 2.32 bits per heavy atom. The zero-order valence-corrected chi connectivity index (χ0v) is 12.8. The number of hydrogen-bond donors (Lipinski definition) is 6. The number of methoxy groups -OCH3 is 1. The number of rotatable bonds is 12. The molecule has 0 aliphatic heterocycles. The Kier molecular flexibility index (Phi) is 11.3. The van der Waals surface area contributed by atoms with Gasteiger partial charge in [0.1, 0.15) is 37.1 Å². The van der Waals surface area contributed by atoms with Crippen molar-refractivity contribution >= 4 is 5.97 Å². The van der Waals surface area contributed by atoms with Crippen molar-refractivity contribution in [3.05, 3.63) is 0 Å². The van der Waals surface area contributed by atoms with E-state index in [9.17, 15) is 20.1 Å². The lowest BCUT2D eigenvalue weighted by Crippen LogP contribution is -2.49. The van der Waals surface area contributed by atoms with Crippen LogP contribution < -0.4 is 11.5 Å². The molecule has 0 aliphatic carbocycles. The van der Waals surface area contributed by atoms with Crippen molar-refractivity contribution in [1.29, 1.82) is 0 Å². The summed E-state index contributed by atoms with van der Waals surface area (Å²) >= 11 is 0. The standard InChI is InChI=1S/C13H28N2O7/c1-21-12(11(19)9(17)6-16)10(18)7-22-13(20)8(15)4-2-3-5-14/h8-12,16-19H,2-7,14-15H2,1H3/t8-,9+,10-,11+,12+/m0/s1. The minimum atomic E-state index is -1.53. The fourth-order valence-electron chi connectivity index (χ4n) is 1.85. The van der Waals surface area contributed by atoms with Gasteiger partial charge in [-0.15, -0.1) is 0 Å². The molecule has 0 aromatic carbocycles. The van der Waals surface area contributed by atoms with Gasteiger partial charge in [0.05, 0.1) is 6.61 Å². The number of carbonyl (C=O) groups excluding carboxylic acids is 1. The zero-order chi connectivity index (χ0) is 17.1. The average molecular weight is 324 g/mol. The van der Waals surface area contributed by atoms with Gasteiger partial charge in [-0.2, -0.15) is 0 Å². The molecule has 0 aliphatic rings. The molecule has 0 saturated heterocycles. The fraction of sp³-hybridized carbons (Fsp3) is 0.923. The first-order valence-corrected chi connectivity index (χ1v) is 7.19. The lowest BCUT2D eigenvalue weighted by Gasteiger charge is -2.28. The number of hydrogen-bond acceptors (Lipinski definition) is 9. The van der Waals surface area contributed by atoms with Crippen LogP contribution in [0.4, 0.5) is 0 Å². The van der Waals surface area contributed by atoms with Crippen LogP contribution in [0.25, 0.3) is 0 Å². The second-order valence-electron chi connectivity index (χ2n) is 5.03. The zero-order valence-electron chi connectivity index (χ0n) is 12.8. The van der Waals surface area contributed by atoms with E-state index in [1.807, 2.05) is 0 Å². The Bertz CT molecular complexity index is 306. The quantitative estimate of drug-likeness (QED) is 0.163. The van der Waals surface area contributed by atoms with E-state index in [1.165, 1.54) is 7.11 Å². The van der Waals surface area contributed by atoms with Gasteiger partial charge in [-0.1, -0.05) is 6.42 Å². The third-order valence-electron chi connectivity index (χ3n) is 3.24. The van der Waals surface area contributed by atoms with E-state index < -0.39 is 49.6 Å². The number of ether oxygens (including phenoxy) is 2. The summed E-state index contributed by atoms with van der Waals surface area (Å²) in [6.45, 7) is -0.627. The summed E-state index contributed by atoms with van der Waals surface area (Å²) in [5.41, 5.74) is 11.0. The summed E-state index contributed by atoms with van der Waals surface area (Å²) in [5, 5.41) is 37.7. The summed E-state index contributed by atoms with van der Waals surface area (Å²) in [6.07, 6.45) is -3.73. The van der Waals surface area contributed by atoms with Crippen LogP contribution in [-0.2, 0) is 14.3 Å². The van der Waals surface area contributed by atoms with Crippen LogP contribution in [0.5, 0.6) is 0 Å². The van der Waals surface area contributed by atoms with E-state index in [4.69, 9.17) is 26.0 Å². The molecule has 132 valence electrons. The first kappa shape index (κ1) is 21.2. The molecule has 8 N–H and O–H groups in total. The van der Waals surface area contributed by atoms with Crippen LogP contribution in [0.2, 0.25) is 0 Å². The molecule has 0 bridgehead atoms. The van der Waals surface area contributed by atoms with Crippen molar-refractivity contribution in [1.82, 2.24) is 0 Å². The van der Waals surface area contributed by atoms with Crippen LogP contribution in [0, 0.1) is 0 Å². The molecule has 0 aromatic rings. The molecular weight excluding hydrogens is 296 g/mol. The maximum absolute atomic E-state index is 11.6. The van der Waals surface area contributed by atoms with Crippen molar-refractivity contribution in [2.24, 2.45) is 11.5 Å². The number of carbonyl (C=O) groups is 1. The number of nitrogens with two attached hydrogens (primary N) is 2. The fourth-order valence-corrected chi connectivity index (χ4v) is 1.85. The van der Waals surface area contributed by atoms with E-state index in [1.54, 1.807) is 0 Å². The Labute approximate surface area is 129 Å². The van der Waals surface area contributed by atoms with Crippen molar-refractivity contribution in [2.75, 3.05) is 26.9 Å². The number of aliphatic hydroxyl groups excluding tert-OH is 4. The average Bonchev–Trinajstić information content (AvgIpc) is 2.52. The van der Waals surface area contributed by atoms with E-state index in [2.05, 4.69) is 0 Å². The lowest BCUT2D eigenvalue weighted by atomic mass is 10.0. The van der Waals surface area contributed by atoms with E-state index in [-0.39, 0.29) is 0 Å². The molecule has 22 heavy (non-hydrogen) atoms. The summed E-state index contributed by atoms with van der Waals surface area (Å²) in [7, 11) is 1.21. The molecule has 0 aromatic heterocycles. The predicted octanol–water partition coefficient (Wildman–Crippen LogP) is -2.92. The molecule has 5 atom stereocenters. The molecule has 0 fully saturated rings. The largest absolute Gasteiger partial charge is 0.462 e. The molecule has 0 heterocycles. The molecule has 9 nitrogen and oxygen atoms in total. The van der Waals surface area contributed by atoms with Crippen molar-refractivity contribution < 1.29 is 34.7 Å². The second kappa shape index (κ2) is 11.7. The van der Waals surface area contributed by atoms with E-state index in [0.717, 1.165) is 6.42 Å². The number of esters is 1. The monoisotopic (exact) mass is 324 g/mol. The minimum absolute atomic E-state index is 0.422. The molecule has 0 spiro atoms. The summed E-state index contributed by atoms with van der Waals surface area (Å²) in [4.78, 5) is 11.6. The van der Waals surface area contributed by atoms with E-state index >= 15 is 0 Å². The Morgan fingerprint density at radius 2 is 1.82 bits per heavy atom. The predicted molar refractivity (Wildman–Crippen MR) is 77.7 cm³/mol. The highest BCUT2D eigenvalue weighted by Crippen LogP contribution is 2.10. The Balaban J connectivity index is 4.28. The Morgan fingerprint density at radius 1 is 1.18 bits per heavy atom. The molecule has 0 saturated carbocycles. The first-order valence-electron chi connectivity index (χ1n) is 7.19. The lowest BCUT2D eigenvalue weighted by molar-refractivity contribution is -0.161. The van der Waals surface area contributed by atoms with Gasteiger partial charge in [-0.25, -0.2) is 0 Å².